The van der Waals surface area contributed by atoms with Crippen LogP contribution in [-0.4, -0.2) is 18.6 Å². The van der Waals surface area contributed by atoms with Crippen LogP contribution in [-0.2, 0) is 22.6 Å². The van der Waals surface area contributed by atoms with Crippen molar-refractivity contribution < 1.29 is 26.1 Å². The third-order valence-electron chi connectivity index (χ3n) is 4.50. The number of halogens is 3. The van der Waals surface area contributed by atoms with Crippen LogP contribution in [0.1, 0.15) is 41.6 Å². The highest BCUT2D eigenvalue weighted by molar-refractivity contribution is 7.92. The van der Waals surface area contributed by atoms with Gasteiger partial charge >= 0.3 is 6.18 Å². The fraction of sp³-hybridized carbons (Fsp3) is 0.263. The summed E-state index contributed by atoms with van der Waals surface area (Å²) < 4.78 is 71.6. The van der Waals surface area contributed by atoms with Crippen molar-refractivity contribution in [2.24, 2.45) is 0 Å². The van der Waals surface area contributed by atoms with Gasteiger partial charge in [-0.1, -0.05) is 29.4 Å². The number of hydrogen-bond acceptors (Lipinski definition) is 5. The molecule has 1 saturated carbocycles. The molecule has 1 aromatic heterocycles. The van der Waals surface area contributed by atoms with E-state index in [1.54, 1.807) is 18.2 Å². The SMILES string of the molecule is O=S(=O)(Nc1ccccc1Cc1nc(C2CC2)no1)c1cccc(C(F)(F)F)c1. The maximum atomic E-state index is 12.9. The van der Waals surface area contributed by atoms with Crippen molar-refractivity contribution in [3.05, 3.63) is 71.4 Å². The van der Waals surface area contributed by atoms with Crippen molar-refractivity contribution in [1.29, 1.82) is 0 Å². The van der Waals surface area contributed by atoms with Gasteiger partial charge in [0.05, 0.1) is 22.6 Å². The number of nitrogens with one attached hydrogen (secondary N) is 1. The lowest BCUT2D eigenvalue weighted by molar-refractivity contribution is -0.137. The Hall–Kier alpha value is -2.88. The highest BCUT2D eigenvalue weighted by atomic mass is 32.2. The molecule has 1 aliphatic carbocycles. The molecule has 0 saturated heterocycles. The second kappa shape index (κ2) is 7.18. The highest BCUT2D eigenvalue weighted by Gasteiger charge is 2.32. The van der Waals surface area contributed by atoms with Gasteiger partial charge in [-0.15, -0.1) is 0 Å². The summed E-state index contributed by atoms with van der Waals surface area (Å²) in [7, 11) is -4.23. The number of benzene rings is 2. The normalized spacial score (nSPS) is 14.7. The zero-order valence-corrected chi connectivity index (χ0v) is 15.8. The van der Waals surface area contributed by atoms with E-state index in [2.05, 4.69) is 14.9 Å². The van der Waals surface area contributed by atoms with Crippen molar-refractivity contribution in [3.63, 3.8) is 0 Å². The number of rotatable bonds is 6. The van der Waals surface area contributed by atoms with Crippen LogP contribution in [0.3, 0.4) is 0 Å². The molecule has 3 aromatic rings. The van der Waals surface area contributed by atoms with Gasteiger partial charge in [-0.25, -0.2) is 8.42 Å². The number of para-hydroxylation sites is 1. The van der Waals surface area contributed by atoms with E-state index in [0.29, 0.717) is 29.3 Å². The van der Waals surface area contributed by atoms with Gasteiger partial charge in [0.2, 0.25) is 5.89 Å². The number of aromatic nitrogens is 2. The molecule has 1 heterocycles. The Labute approximate surface area is 164 Å². The molecule has 1 fully saturated rings. The van der Waals surface area contributed by atoms with Crippen molar-refractivity contribution in [2.45, 2.75) is 36.3 Å². The first-order chi connectivity index (χ1) is 13.7. The number of nitrogens with zero attached hydrogens (tertiary/aromatic N) is 2. The number of hydrogen-bond donors (Lipinski definition) is 1. The second-order valence-electron chi connectivity index (χ2n) is 6.79. The average molecular weight is 423 g/mol. The van der Waals surface area contributed by atoms with Gasteiger partial charge in [0.1, 0.15) is 0 Å². The lowest BCUT2D eigenvalue weighted by Gasteiger charge is -2.13. The minimum absolute atomic E-state index is 0.195. The molecule has 10 heteroatoms. The Kier molecular flexibility index (Phi) is 4.81. The summed E-state index contributed by atoms with van der Waals surface area (Å²) in [5.41, 5.74) is -0.239. The maximum absolute atomic E-state index is 12.9. The molecule has 4 rings (SSSR count). The summed E-state index contributed by atoms with van der Waals surface area (Å²) >= 11 is 0. The van der Waals surface area contributed by atoms with E-state index in [-0.39, 0.29) is 12.1 Å². The van der Waals surface area contributed by atoms with Crippen LogP contribution in [0.5, 0.6) is 0 Å². The molecule has 0 amide bonds. The summed E-state index contributed by atoms with van der Waals surface area (Å²) in [4.78, 5) is 3.85. The molecule has 0 bridgehead atoms. The van der Waals surface area contributed by atoms with E-state index in [1.807, 2.05) is 0 Å². The minimum Gasteiger partial charge on any atom is -0.339 e. The van der Waals surface area contributed by atoms with Crippen LogP contribution in [0.2, 0.25) is 0 Å². The molecule has 2 aromatic carbocycles. The van der Waals surface area contributed by atoms with Crippen LogP contribution in [0.4, 0.5) is 18.9 Å². The van der Waals surface area contributed by atoms with E-state index < -0.39 is 26.7 Å². The maximum Gasteiger partial charge on any atom is 0.416 e. The molecule has 0 unspecified atom stereocenters. The van der Waals surface area contributed by atoms with Crippen molar-refractivity contribution in [2.75, 3.05) is 4.72 Å². The zero-order chi connectivity index (χ0) is 20.6. The van der Waals surface area contributed by atoms with Crippen LogP contribution in [0.15, 0.2) is 57.9 Å². The highest BCUT2D eigenvalue weighted by Crippen LogP contribution is 2.38. The molecular formula is C19H16F3N3O3S. The van der Waals surface area contributed by atoms with Gasteiger partial charge in [0.25, 0.3) is 10.0 Å². The lowest BCUT2D eigenvalue weighted by Crippen LogP contribution is -2.15. The summed E-state index contributed by atoms with van der Waals surface area (Å²) in [6.07, 6.45) is -2.40. The van der Waals surface area contributed by atoms with Crippen LogP contribution >= 0.6 is 0 Å². The Morgan fingerprint density at radius 2 is 1.86 bits per heavy atom. The van der Waals surface area contributed by atoms with Gasteiger partial charge in [0.15, 0.2) is 5.82 Å². The fourth-order valence-corrected chi connectivity index (χ4v) is 3.97. The van der Waals surface area contributed by atoms with E-state index in [9.17, 15) is 21.6 Å². The third-order valence-corrected chi connectivity index (χ3v) is 5.86. The molecule has 0 aliphatic heterocycles. The van der Waals surface area contributed by atoms with Gasteiger partial charge in [0, 0.05) is 5.92 Å². The second-order valence-corrected chi connectivity index (χ2v) is 8.47. The molecule has 0 atom stereocenters. The van der Waals surface area contributed by atoms with Crippen molar-refractivity contribution in [1.82, 2.24) is 10.1 Å². The lowest BCUT2D eigenvalue weighted by atomic mass is 10.1. The van der Waals surface area contributed by atoms with E-state index in [4.69, 9.17) is 4.52 Å². The minimum atomic E-state index is -4.64. The smallest absolute Gasteiger partial charge is 0.339 e. The number of anilines is 1. The summed E-state index contributed by atoms with van der Waals surface area (Å²) in [5, 5.41) is 3.93. The van der Waals surface area contributed by atoms with Crippen LogP contribution in [0, 0.1) is 0 Å². The first-order valence-corrected chi connectivity index (χ1v) is 10.3. The first kappa shape index (κ1) is 19.4. The molecular weight excluding hydrogens is 407 g/mol. The monoisotopic (exact) mass is 423 g/mol. The third kappa shape index (κ3) is 4.42. The van der Waals surface area contributed by atoms with Gasteiger partial charge in [-0.2, -0.15) is 18.2 Å². The average Bonchev–Trinajstić information content (AvgIpc) is 3.42. The van der Waals surface area contributed by atoms with Crippen LogP contribution < -0.4 is 4.72 Å². The summed E-state index contributed by atoms with van der Waals surface area (Å²) in [5.74, 6) is 1.31. The zero-order valence-electron chi connectivity index (χ0n) is 15.0. The molecule has 6 nitrogen and oxygen atoms in total. The molecule has 152 valence electrons. The first-order valence-electron chi connectivity index (χ1n) is 8.83. The van der Waals surface area contributed by atoms with Gasteiger partial charge in [-0.05, 0) is 42.7 Å². The quantitative estimate of drug-likeness (QED) is 0.637. The Bertz CT molecular complexity index is 1140. The summed E-state index contributed by atoms with van der Waals surface area (Å²) in [6.45, 7) is 0. The Balaban J connectivity index is 1.59. The number of alkyl halides is 3. The van der Waals surface area contributed by atoms with Crippen molar-refractivity contribution in [3.8, 4) is 0 Å². The van der Waals surface area contributed by atoms with Crippen molar-refractivity contribution >= 4 is 15.7 Å². The Morgan fingerprint density at radius 3 is 2.59 bits per heavy atom. The van der Waals surface area contributed by atoms with Gasteiger partial charge < -0.3 is 4.52 Å². The fourth-order valence-electron chi connectivity index (χ4n) is 2.83. The molecule has 29 heavy (non-hydrogen) atoms. The molecule has 0 spiro atoms. The largest absolute Gasteiger partial charge is 0.416 e. The van der Waals surface area contributed by atoms with E-state index in [0.717, 1.165) is 31.0 Å². The van der Waals surface area contributed by atoms with E-state index in [1.165, 1.54) is 6.07 Å². The number of sulfonamides is 1. The predicted molar refractivity (Wildman–Crippen MR) is 97.8 cm³/mol. The topological polar surface area (TPSA) is 85.1 Å². The Morgan fingerprint density at radius 1 is 1.10 bits per heavy atom. The standard InChI is InChI=1S/C19H16F3N3O3S/c20-19(21,22)14-5-3-6-15(11-14)29(26,27)25-16-7-2-1-4-13(16)10-17-23-18(24-28-17)12-8-9-12/h1-7,11-12,25H,8-10H2. The van der Waals surface area contributed by atoms with Gasteiger partial charge in [-0.3, -0.25) is 4.72 Å². The molecule has 1 N–H and O–H groups in total. The molecule has 1 aliphatic rings. The van der Waals surface area contributed by atoms with E-state index >= 15 is 0 Å². The van der Waals surface area contributed by atoms with Crippen LogP contribution in [0.25, 0.3) is 0 Å². The predicted octanol–water partition coefficient (Wildman–Crippen LogP) is 4.36. The molecule has 0 radical (unpaired) electrons. The summed E-state index contributed by atoms with van der Waals surface area (Å²) in [6, 6.07) is 10.1.